The second-order valence-electron chi connectivity index (χ2n) is 4.74. The van der Waals surface area contributed by atoms with Crippen LogP contribution in [0.2, 0.25) is 5.02 Å². The molecule has 0 amide bonds. The lowest BCUT2D eigenvalue weighted by Gasteiger charge is -2.35. The van der Waals surface area contributed by atoms with Crippen molar-refractivity contribution in [2.24, 2.45) is 5.92 Å². The van der Waals surface area contributed by atoms with Crippen molar-refractivity contribution < 1.29 is 23.1 Å². The summed E-state index contributed by atoms with van der Waals surface area (Å²) in [6.07, 6.45) is -4.29. The first-order valence-electron chi connectivity index (χ1n) is 6.14. The van der Waals surface area contributed by atoms with E-state index in [1.54, 1.807) is 11.0 Å². The fraction of sp³-hybridized carbons (Fsp3) is 0.462. The molecule has 3 nitrogen and oxygen atoms in total. The van der Waals surface area contributed by atoms with Crippen molar-refractivity contribution in [2.75, 3.05) is 18.0 Å². The van der Waals surface area contributed by atoms with Gasteiger partial charge in [0.1, 0.15) is 0 Å². The Hall–Kier alpha value is -1.43. The van der Waals surface area contributed by atoms with Crippen LogP contribution in [0, 0.1) is 5.92 Å². The number of piperidine rings is 1. The van der Waals surface area contributed by atoms with Crippen LogP contribution >= 0.6 is 11.6 Å². The molecule has 1 aromatic rings. The molecule has 0 spiro atoms. The van der Waals surface area contributed by atoms with Crippen molar-refractivity contribution in [3.05, 3.63) is 28.8 Å². The average molecular weight is 308 g/mol. The maximum atomic E-state index is 12.6. The van der Waals surface area contributed by atoms with Crippen LogP contribution in [0.15, 0.2) is 18.2 Å². The number of carboxylic acid groups (broad SMARTS) is 1. The third-order valence-corrected chi connectivity index (χ3v) is 3.80. The predicted molar refractivity (Wildman–Crippen MR) is 69.4 cm³/mol. The molecule has 1 heterocycles. The zero-order valence-electron chi connectivity index (χ0n) is 10.5. The van der Waals surface area contributed by atoms with Crippen molar-refractivity contribution in [1.82, 2.24) is 0 Å². The van der Waals surface area contributed by atoms with Gasteiger partial charge in [0.2, 0.25) is 0 Å². The molecule has 20 heavy (non-hydrogen) atoms. The Kier molecular flexibility index (Phi) is 4.13. The van der Waals surface area contributed by atoms with Crippen LogP contribution in [0.25, 0.3) is 0 Å². The molecule has 110 valence electrons. The zero-order valence-corrected chi connectivity index (χ0v) is 11.2. The van der Waals surface area contributed by atoms with Crippen LogP contribution in [-0.2, 0) is 0 Å². The highest BCUT2D eigenvalue weighted by Crippen LogP contribution is 2.38. The van der Waals surface area contributed by atoms with Gasteiger partial charge < -0.3 is 10.0 Å². The first kappa shape index (κ1) is 15.0. The predicted octanol–water partition coefficient (Wildman–Crippen LogP) is 3.82. The molecule has 1 aromatic carbocycles. The van der Waals surface area contributed by atoms with Gasteiger partial charge in [0.15, 0.2) is 0 Å². The van der Waals surface area contributed by atoms with Gasteiger partial charge in [-0.25, -0.2) is 4.79 Å². The first-order chi connectivity index (χ1) is 9.30. The summed E-state index contributed by atoms with van der Waals surface area (Å²) < 4.78 is 37.9. The minimum absolute atomic E-state index is 0.0166. The third-order valence-electron chi connectivity index (χ3n) is 3.49. The monoisotopic (exact) mass is 307 g/mol. The molecule has 1 aliphatic heterocycles. The number of aromatic carboxylic acids is 1. The molecule has 1 fully saturated rings. The third kappa shape index (κ3) is 3.00. The number of carboxylic acids is 1. The second-order valence-corrected chi connectivity index (χ2v) is 5.15. The second kappa shape index (κ2) is 5.52. The molecular weight excluding hydrogens is 295 g/mol. The lowest BCUT2D eigenvalue weighted by atomic mass is 9.95. The summed E-state index contributed by atoms with van der Waals surface area (Å²) in [6.45, 7) is 0.294. The van der Waals surface area contributed by atoms with Crippen LogP contribution < -0.4 is 4.90 Å². The van der Waals surface area contributed by atoms with Crippen molar-refractivity contribution in [2.45, 2.75) is 19.0 Å². The van der Waals surface area contributed by atoms with Gasteiger partial charge in [-0.3, -0.25) is 0 Å². The Balaban J connectivity index is 2.21. The summed E-state index contributed by atoms with van der Waals surface area (Å²) in [6, 6.07) is 4.45. The fourth-order valence-corrected chi connectivity index (χ4v) is 2.73. The Morgan fingerprint density at radius 3 is 2.40 bits per heavy atom. The fourth-order valence-electron chi connectivity index (χ4n) is 2.44. The van der Waals surface area contributed by atoms with Gasteiger partial charge in [-0.2, -0.15) is 13.2 Å². The number of para-hydroxylation sites is 1. The normalized spacial score (nSPS) is 17.3. The lowest BCUT2D eigenvalue weighted by Crippen LogP contribution is -2.39. The summed E-state index contributed by atoms with van der Waals surface area (Å²) in [5.41, 5.74) is 0.324. The van der Waals surface area contributed by atoms with E-state index in [1.807, 2.05) is 0 Å². The van der Waals surface area contributed by atoms with Gasteiger partial charge in [-0.05, 0) is 25.0 Å². The number of alkyl halides is 3. The number of anilines is 1. The molecule has 0 aromatic heterocycles. The van der Waals surface area contributed by atoms with E-state index in [0.29, 0.717) is 5.69 Å². The summed E-state index contributed by atoms with van der Waals surface area (Å²) >= 11 is 6.01. The van der Waals surface area contributed by atoms with Crippen molar-refractivity contribution >= 4 is 23.3 Å². The standard InChI is InChI=1S/C13H13ClF3NO2/c14-10-3-1-2-9(12(19)20)11(10)18-6-4-8(5-7-18)13(15,16)17/h1-3,8H,4-7H2,(H,19,20). The van der Waals surface area contributed by atoms with Gasteiger partial charge in [0.05, 0.1) is 22.2 Å². The minimum Gasteiger partial charge on any atom is -0.478 e. The largest absolute Gasteiger partial charge is 0.478 e. The smallest absolute Gasteiger partial charge is 0.391 e. The van der Waals surface area contributed by atoms with E-state index in [-0.39, 0.29) is 36.5 Å². The molecule has 1 N–H and O–H groups in total. The highest BCUT2D eigenvalue weighted by Gasteiger charge is 2.41. The number of hydrogen-bond donors (Lipinski definition) is 1. The molecule has 0 unspecified atom stereocenters. The maximum absolute atomic E-state index is 12.6. The molecule has 1 aliphatic rings. The van der Waals surface area contributed by atoms with E-state index in [1.165, 1.54) is 12.1 Å². The number of rotatable bonds is 2. The molecule has 0 saturated carbocycles. The number of hydrogen-bond acceptors (Lipinski definition) is 2. The molecule has 2 rings (SSSR count). The first-order valence-corrected chi connectivity index (χ1v) is 6.52. The highest BCUT2D eigenvalue weighted by molar-refractivity contribution is 6.34. The van der Waals surface area contributed by atoms with Crippen molar-refractivity contribution in [3.63, 3.8) is 0 Å². The SMILES string of the molecule is O=C(O)c1cccc(Cl)c1N1CCC(C(F)(F)F)CC1. The van der Waals surface area contributed by atoms with Gasteiger partial charge in [-0.15, -0.1) is 0 Å². The molecule has 0 aliphatic carbocycles. The van der Waals surface area contributed by atoms with E-state index in [9.17, 15) is 18.0 Å². The Labute approximate surface area is 118 Å². The van der Waals surface area contributed by atoms with Gasteiger partial charge in [-0.1, -0.05) is 17.7 Å². The summed E-state index contributed by atoms with van der Waals surface area (Å²) in [5.74, 6) is -2.46. The summed E-state index contributed by atoms with van der Waals surface area (Å²) in [4.78, 5) is 12.8. The molecule has 1 saturated heterocycles. The highest BCUT2D eigenvalue weighted by atomic mass is 35.5. The topological polar surface area (TPSA) is 40.5 Å². The minimum atomic E-state index is -4.19. The van der Waals surface area contributed by atoms with E-state index < -0.39 is 18.1 Å². The maximum Gasteiger partial charge on any atom is 0.391 e. The number of carbonyl (C=O) groups is 1. The molecule has 0 bridgehead atoms. The van der Waals surface area contributed by atoms with Gasteiger partial charge in [0, 0.05) is 13.1 Å². The van der Waals surface area contributed by atoms with Gasteiger partial charge in [0.25, 0.3) is 0 Å². The van der Waals surface area contributed by atoms with Crippen LogP contribution in [0.1, 0.15) is 23.2 Å². The number of halogens is 4. The Bertz CT molecular complexity index is 511. The molecule has 0 radical (unpaired) electrons. The van der Waals surface area contributed by atoms with Crippen molar-refractivity contribution in [1.29, 1.82) is 0 Å². The van der Waals surface area contributed by atoms with E-state index >= 15 is 0 Å². The molecule has 0 atom stereocenters. The molecular formula is C13H13ClF3NO2. The Morgan fingerprint density at radius 1 is 1.30 bits per heavy atom. The quantitative estimate of drug-likeness (QED) is 0.903. The Morgan fingerprint density at radius 2 is 1.90 bits per heavy atom. The van der Waals surface area contributed by atoms with E-state index in [0.717, 1.165) is 0 Å². The zero-order chi connectivity index (χ0) is 14.9. The summed E-state index contributed by atoms with van der Waals surface area (Å²) in [7, 11) is 0. The van der Waals surface area contributed by atoms with Crippen molar-refractivity contribution in [3.8, 4) is 0 Å². The number of nitrogens with zero attached hydrogens (tertiary/aromatic N) is 1. The van der Waals surface area contributed by atoms with Crippen LogP contribution in [0.4, 0.5) is 18.9 Å². The lowest BCUT2D eigenvalue weighted by molar-refractivity contribution is -0.179. The van der Waals surface area contributed by atoms with Crippen LogP contribution in [-0.4, -0.2) is 30.3 Å². The summed E-state index contributed by atoms with van der Waals surface area (Å²) in [5, 5.41) is 9.38. The average Bonchev–Trinajstić information content (AvgIpc) is 2.37. The van der Waals surface area contributed by atoms with Gasteiger partial charge >= 0.3 is 12.1 Å². The van der Waals surface area contributed by atoms with Crippen LogP contribution in [0.5, 0.6) is 0 Å². The number of benzene rings is 1. The van der Waals surface area contributed by atoms with E-state index in [2.05, 4.69) is 0 Å². The molecule has 7 heteroatoms. The van der Waals surface area contributed by atoms with E-state index in [4.69, 9.17) is 16.7 Å². The van der Waals surface area contributed by atoms with Crippen LogP contribution in [0.3, 0.4) is 0 Å².